The van der Waals surface area contributed by atoms with E-state index in [0.717, 1.165) is 18.4 Å². The van der Waals surface area contributed by atoms with E-state index in [9.17, 15) is 4.79 Å². The smallest absolute Gasteiger partial charge is 0.252 e. The summed E-state index contributed by atoms with van der Waals surface area (Å²) in [5.74, 6) is 0.776. The van der Waals surface area contributed by atoms with Crippen molar-refractivity contribution in [2.45, 2.75) is 77.2 Å². The molecule has 0 saturated heterocycles. The Kier molecular flexibility index (Phi) is 6.30. The van der Waals surface area contributed by atoms with Crippen molar-refractivity contribution in [2.24, 2.45) is 0 Å². The zero-order valence-electron chi connectivity index (χ0n) is 16.6. The van der Waals surface area contributed by atoms with Crippen LogP contribution in [0.15, 0.2) is 24.3 Å². The summed E-state index contributed by atoms with van der Waals surface area (Å²) < 4.78 is 0. The average molecular weight is 366 g/mol. The summed E-state index contributed by atoms with van der Waals surface area (Å²) in [5, 5.41) is 5.80. The number of nitrogens with one attached hydrogen (secondary N) is 1. The van der Waals surface area contributed by atoms with E-state index in [1.165, 1.54) is 66.0 Å². The van der Waals surface area contributed by atoms with Crippen LogP contribution in [0.4, 0.5) is 0 Å². The number of hydrogen-bond donors (Lipinski definition) is 1. The van der Waals surface area contributed by atoms with Gasteiger partial charge in [0.25, 0.3) is 5.91 Å². The molecule has 27 heavy (non-hydrogen) atoms. The molecule has 1 amide bonds. The summed E-state index contributed by atoms with van der Waals surface area (Å²) >= 11 is 0. The zero-order valence-corrected chi connectivity index (χ0v) is 16.6. The van der Waals surface area contributed by atoms with E-state index in [1.807, 2.05) is 12.9 Å². The van der Waals surface area contributed by atoms with E-state index in [4.69, 9.17) is 4.79 Å². The molecule has 3 nitrogen and oxygen atoms in total. The van der Waals surface area contributed by atoms with Gasteiger partial charge in [-0.3, -0.25) is 4.79 Å². The third-order valence-corrected chi connectivity index (χ3v) is 6.34. The Labute approximate surface area is 162 Å². The maximum absolute atomic E-state index is 13.0. The first-order valence-electron chi connectivity index (χ1n) is 10.3. The fourth-order valence-electron chi connectivity index (χ4n) is 4.97. The highest BCUT2D eigenvalue weighted by atomic mass is 16.1. The van der Waals surface area contributed by atoms with Crippen LogP contribution >= 0.6 is 0 Å². The molecular formula is C24H31NO2. The van der Waals surface area contributed by atoms with Gasteiger partial charge >= 0.3 is 0 Å². The van der Waals surface area contributed by atoms with Gasteiger partial charge in [-0.15, -0.1) is 0 Å². The number of fused-ring (bicyclic) bond motifs is 1. The Morgan fingerprint density at radius 1 is 0.852 bits per heavy atom. The summed E-state index contributed by atoms with van der Waals surface area (Å²) in [6.45, 7) is 6.34. The molecule has 0 bridgehead atoms. The molecular weight excluding hydrogens is 334 g/mol. The highest BCUT2D eigenvalue weighted by molar-refractivity contribution is 6.10. The van der Waals surface area contributed by atoms with Crippen LogP contribution in [0.3, 0.4) is 0 Å². The molecule has 0 spiro atoms. The fourth-order valence-corrected chi connectivity index (χ4v) is 4.97. The van der Waals surface area contributed by atoms with Crippen molar-refractivity contribution in [1.82, 2.24) is 5.32 Å². The highest BCUT2D eigenvalue weighted by Crippen LogP contribution is 2.40. The van der Waals surface area contributed by atoms with Gasteiger partial charge in [-0.25, -0.2) is 0 Å². The maximum Gasteiger partial charge on any atom is 0.252 e. The van der Waals surface area contributed by atoms with E-state index in [0.29, 0.717) is 12.0 Å². The monoisotopic (exact) mass is 365 g/mol. The molecule has 0 aliphatic heterocycles. The Morgan fingerprint density at radius 2 is 1.41 bits per heavy atom. The molecule has 2 saturated carbocycles. The highest BCUT2D eigenvalue weighted by Gasteiger charge is 2.24. The van der Waals surface area contributed by atoms with E-state index in [1.54, 1.807) is 0 Å². The van der Waals surface area contributed by atoms with Crippen molar-refractivity contribution in [2.75, 3.05) is 0 Å². The number of benzene rings is 2. The Morgan fingerprint density at radius 3 is 2.07 bits per heavy atom. The van der Waals surface area contributed by atoms with Crippen molar-refractivity contribution >= 4 is 23.5 Å². The van der Waals surface area contributed by atoms with Gasteiger partial charge in [0.2, 0.25) is 0 Å². The molecule has 0 unspecified atom stereocenters. The van der Waals surface area contributed by atoms with Gasteiger partial charge in [0.15, 0.2) is 0 Å². The SMILES string of the molecule is C=O.Cc1ccc(C2CCCC2)c2c(C)ccc(C(=O)NC3CCCC3)c12. The summed E-state index contributed by atoms with van der Waals surface area (Å²) in [5.41, 5.74) is 4.85. The molecule has 2 aliphatic rings. The Balaban J connectivity index is 0.00000102. The summed E-state index contributed by atoms with van der Waals surface area (Å²) in [6, 6.07) is 9.08. The van der Waals surface area contributed by atoms with Crippen molar-refractivity contribution in [1.29, 1.82) is 0 Å². The molecule has 2 fully saturated rings. The lowest BCUT2D eigenvalue weighted by atomic mass is 9.86. The minimum absolute atomic E-state index is 0.114. The number of amides is 1. The fraction of sp³-hybridized carbons (Fsp3) is 0.500. The lowest BCUT2D eigenvalue weighted by Gasteiger charge is -2.20. The van der Waals surface area contributed by atoms with Gasteiger partial charge in [0.05, 0.1) is 0 Å². The van der Waals surface area contributed by atoms with Crippen molar-refractivity contribution in [3.05, 3.63) is 46.5 Å². The van der Waals surface area contributed by atoms with Crippen LogP contribution in [0.25, 0.3) is 10.8 Å². The van der Waals surface area contributed by atoms with Gasteiger partial charge < -0.3 is 10.1 Å². The quantitative estimate of drug-likeness (QED) is 0.769. The molecule has 3 heteroatoms. The molecule has 0 aromatic heterocycles. The first-order chi connectivity index (χ1) is 13.1. The predicted octanol–water partition coefficient (Wildman–Crippen LogP) is 5.60. The molecule has 0 heterocycles. The second kappa shape index (κ2) is 8.69. The van der Waals surface area contributed by atoms with Gasteiger partial charge in [-0.1, -0.05) is 43.9 Å². The number of aryl methyl sites for hydroxylation is 2. The summed E-state index contributed by atoms with van der Waals surface area (Å²) in [4.78, 5) is 21.0. The van der Waals surface area contributed by atoms with Crippen LogP contribution < -0.4 is 5.32 Å². The molecule has 144 valence electrons. The zero-order chi connectivity index (χ0) is 19.4. The summed E-state index contributed by atoms with van der Waals surface area (Å²) in [7, 11) is 0. The predicted molar refractivity (Wildman–Crippen MR) is 111 cm³/mol. The van der Waals surface area contributed by atoms with Crippen LogP contribution in [-0.4, -0.2) is 18.7 Å². The standard InChI is InChI=1S/C23H29NO.CH2O/c1-15-12-14-20(23(25)24-18-9-5-6-10-18)22-16(2)11-13-19(21(15)22)17-7-3-4-8-17;1-2/h11-14,17-18H,3-10H2,1-2H3,(H,24,25);1H2. The van der Waals surface area contributed by atoms with Gasteiger partial charge in [-0.2, -0.15) is 0 Å². The van der Waals surface area contributed by atoms with Crippen LogP contribution in [0.2, 0.25) is 0 Å². The number of carbonyl (C=O) groups excluding carboxylic acids is 2. The van der Waals surface area contributed by atoms with Crippen LogP contribution in [0.1, 0.15) is 84.3 Å². The molecule has 2 aliphatic carbocycles. The molecule has 2 aromatic rings. The topological polar surface area (TPSA) is 46.2 Å². The first kappa shape index (κ1) is 19.6. The van der Waals surface area contributed by atoms with Gasteiger partial charge in [0.1, 0.15) is 6.79 Å². The Hall–Kier alpha value is -2.16. The lowest BCUT2D eigenvalue weighted by Crippen LogP contribution is -2.32. The third kappa shape index (κ3) is 3.92. The average Bonchev–Trinajstić information content (AvgIpc) is 3.38. The number of carbonyl (C=O) groups is 2. The van der Waals surface area contributed by atoms with Crippen LogP contribution in [0.5, 0.6) is 0 Å². The largest absolute Gasteiger partial charge is 0.349 e. The number of hydrogen-bond acceptors (Lipinski definition) is 2. The van der Waals surface area contributed by atoms with Gasteiger partial charge in [0, 0.05) is 11.6 Å². The maximum atomic E-state index is 13.0. The number of rotatable bonds is 3. The normalized spacial score (nSPS) is 17.7. The lowest BCUT2D eigenvalue weighted by molar-refractivity contribution is -0.0980. The van der Waals surface area contributed by atoms with E-state index in [2.05, 4.69) is 37.4 Å². The van der Waals surface area contributed by atoms with Gasteiger partial charge in [-0.05, 0) is 79.0 Å². The molecule has 0 atom stereocenters. The van der Waals surface area contributed by atoms with E-state index in [-0.39, 0.29) is 5.91 Å². The summed E-state index contributed by atoms with van der Waals surface area (Å²) in [6.07, 6.45) is 9.98. The molecule has 2 aromatic carbocycles. The molecule has 0 radical (unpaired) electrons. The molecule has 1 N–H and O–H groups in total. The first-order valence-corrected chi connectivity index (χ1v) is 10.3. The second-order valence-electron chi connectivity index (χ2n) is 8.09. The Bertz CT molecular complexity index is 815. The minimum Gasteiger partial charge on any atom is -0.349 e. The van der Waals surface area contributed by atoms with Crippen molar-refractivity contribution in [3.63, 3.8) is 0 Å². The van der Waals surface area contributed by atoms with E-state index >= 15 is 0 Å². The minimum atomic E-state index is 0.114. The van der Waals surface area contributed by atoms with Crippen LogP contribution in [0, 0.1) is 13.8 Å². The van der Waals surface area contributed by atoms with Crippen LogP contribution in [-0.2, 0) is 4.79 Å². The third-order valence-electron chi connectivity index (χ3n) is 6.34. The van der Waals surface area contributed by atoms with E-state index < -0.39 is 0 Å². The second-order valence-corrected chi connectivity index (χ2v) is 8.09. The van der Waals surface area contributed by atoms with Crippen molar-refractivity contribution < 1.29 is 9.59 Å². The van der Waals surface area contributed by atoms with Crippen molar-refractivity contribution in [3.8, 4) is 0 Å². The molecule has 4 rings (SSSR count).